The van der Waals surface area contributed by atoms with Crippen LogP contribution in [0.3, 0.4) is 0 Å². The van der Waals surface area contributed by atoms with Gasteiger partial charge in [-0.15, -0.1) is 0 Å². The van der Waals surface area contributed by atoms with Gasteiger partial charge < -0.3 is 16.0 Å². The molecule has 6 heteroatoms. The molecule has 0 aromatic heterocycles. The highest BCUT2D eigenvalue weighted by atomic mass is 35.5. The Kier molecular flexibility index (Phi) is 4.83. The predicted octanol–water partition coefficient (Wildman–Crippen LogP) is 3.77. The number of thiocarbonyl (C=S) groups is 1. The van der Waals surface area contributed by atoms with Gasteiger partial charge in [-0.2, -0.15) is 0 Å². The molecule has 0 radical (unpaired) electrons. The van der Waals surface area contributed by atoms with E-state index in [-0.39, 0.29) is 11.9 Å². The van der Waals surface area contributed by atoms with Crippen LogP contribution in [0.15, 0.2) is 65.9 Å². The Morgan fingerprint density at radius 2 is 1.92 bits per heavy atom. The molecule has 1 heterocycles. The molecule has 2 aromatic rings. The first kappa shape index (κ1) is 16.5. The van der Waals surface area contributed by atoms with Crippen LogP contribution in [-0.4, -0.2) is 11.0 Å². The van der Waals surface area contributed by atoms with Gasteiger partial charge in [0.05, 0.1) is 11.6 Å². The van der Waals surface area contributed by atoms with Crippen molar-refractivity contribution in [3.05, 3.63) is 76.5 Å². The molecule has 0 bridgehead atoms. The van der Waals surface area contributed by atoms with E-state index in [0.29, 0.717) is 15.7 Å². The minimum atomic E-state index is -0.360. The van der Waals surface area contributed by atoms with E-state index in [1.807, 2.05) is 55.5 Å². The van der Waals surface area contributed by atoms with Gasteiger partial charge in [0.1, 0.15) is 0 Å². The topological polar surface area (TPSA) is 53.2 Å². The number of anilines is 1. The average molecular weight is 358 g/mol. The first-order valence-electron chi connectivity index (χ1n) is 7.45. The monoisotopic (exact) mass is 357 g/mol. The largest absolute Gasteiger partial charge is 0.351 e. The number of nitrogens with one attached hydrogen (secondary N) is 3. The highest BCUT2D eigenvalue weighted by Crippen LogP contribution is 2.29. The number of allylic oxidation sites excluding steroid dienone is 1. The molecule has 122 valence electrons. The smallest absolute Gasteiger partial charge is 0.255 e. The fourth-order valence-electron chi connectivity index (χ4n) is 2.65. The zero-order valence-electron chi connectivity index (χ0n) is 13.0. The molecule has 1 aliphatic rings. The molecule has 1 atom stereocenters. The molecule has 0 aliphatic carbocycles. The van der Waals surface area contributed by atoms with Crippen molar-refractivity contribution in [2.45, 2.75) is 13.0 Å². The van der Waals surface area contributed by atoms with E-state index in [0.717, 1.165) is 16.9 Å². The van der Waals surface area contributed by atoms with Gasteiger partial charge in [-0.3, -0.25) is 4.79 Å². The van der Waals surface area contributed by atoms with Gasteiger partial charge in [0.2, 0.25) is 0 Å². The number of halogens is 1. The lowest BCUT2D eigenvalue weighted by molar-refractivity contribution is -0.113. The molecule has 0 fully saturated rings. The number of hydrogen-bond acceptors (Lipinski definition) is 2. The van der Waals surface area contributed by atoms with Crippen molar-refractivity contribution in [2.24, 2.45) is 0 Å². The van der Waals surface area contributed by atoms with E-state index in [4.69, 9.17) is 23.8 Å². The van der Waals surface area contributed by atoms with E-state index < -0.39 is 0 Å². The van der Waals surface area contributed by atoms with Gasteiger partial charge in [-0.1, -0.05) is 41.9 Å². The van der Waals surface area contributed by atoms with Crippen LogP contribution in [0.1, 0.15) is 18.5 Å². The lowest BCUT2D eigenvalue weighted by Gasteiger charge is -2.30. The zero-order valence-corrected chi connectivity index (χ0v) is 14.5. The summed E-state index contributed by atoms with van der Waals surface area (Å²) < 4.78 is 0. The van der Waals surface area contributed by atoms with Crippen molar-refractivity contribution in [3.63, 3.8) is 0 Å². The van der Waals surface area contributed by atoms with E-state index in [2.05, 4.69) is 16.0 Å². The zero-order chi connectivity index (χ0) is 17.1. The fraction of sp³-hybridized carbons (Fsp3) is 0.111. The maximum Gasteiger partial charge on any atom is 0.255 e. The highest BCUT2D eigenvalue weighted by molar-refractivity contribution is 7.80. The second-order valence-corrected chi connectivity index (χ2v) is 6.29. The quantitative estimate of drug-likeness (QED) is 0.732. The molecule has 4 nitrogen and oxygen atoms in total. The standard InChI is InChI=1S/C18H16ClN3OS/c1-11-15(17(23)21-14-8-3-2-4-9-14)16(22-18(24)20-11)12-6-5-7-13(19)10-12/h2-10,16H,1H3,(H,21,23)(H2,20,22,24)/t16-/m1/s1. The molecule has 1 amide bonds. The Morgan fingerprint density at radius 3 is 2.62 bits per heavy atom. The lowest BCUT2D eigenvalue weighted by atomic mass is 9.95. The Bertz CT molecular complexity index is 820. The SMILES string of the molecule is CC1=C(C(=O)Nc2ccccc2)[C@@H](c2cccc(Cl)c2)NC(=S)N1. The van der Waals surface area contributed by atoms with Crippen molar-refractivity contribution in [1.29, 1.82) is 0 Å². The summed E-state index contributed by atoms with van der Waals surface area (Å²) in [5.41, 5.74) is 2.91. The van der Waals surface area contributed by atoms with Gasteiger partial charge in [-0.05, 0) is 49.0 Å². The predicted molar refractivity (Wildman–Crippen MR) is 101 cm³/mol. The molecule has 3 N–H and O–H groups in total. The molecule has 0 spiro atoms. The number of benzene rings is 2. The maximum absolute atomic E-state index is 12.8. The lowest BCUT2D eigenvalue weighted by Crippen LogP contribution is -2.45. The number of amides is 1. The minimum Gasteiger partial charge on any atom is -0.351 e. The van der Waals surface area contributed by atoms with Crippen LogP contribution >= 0.6 is 23.8 Å². The summed E-state index contributed by atoms with van der Waals surface area (Å²) in [6.45, 7) is 1.84. The highest BCUT2D eigenvalue weighted by Gasteiger charge is 2.29. The molecule has 3 rings (SSSR count). The van der Waals surface area contributed by atoms with Gasteiger partial charge in [0.15, 0.2) is 5.11 Å². The van der Waals surface area contributed by atoms with E-state index in [9.17, 15) is 4.79 Å². The van der Waals surface area contributed by atoms with Crippen LogP contribution in [0, 0.1) is 0 Å². The number of para-hydroxylation sites is 1. The normalized spacial score (nSPS) is 17.1. The van der Waals surface area contributed by atoms with Crippen molar-refractivity contribution in [2.75, 3.05) is 5.32 Å². The van der Waals surface area contributed by atoms with Gasteiger partial charge in [0, 0.05) is 16.4 Å². The summed E-state index contributed by atoms with van der Waals surface area (Å²) in [4.78, 5) is 12.8. The summed E-state index contributed by atoms with van der Waals surface area (Å²) >= 11 is 11.3. The second kappa shape index (κ2) is 7.03. The third kappa shape index (κ3) is 3.58. The Hall–Kier alpha value is -2.37. The van der Waals surface area contributed by atoms with Gasteiger partial charge in [-0.25, -0.2) is 0 Å². The van der Waals surface area contributed by atoms with E-state index >= 15 is 0 Å². The summed E-state index contributed by atoms with van der Waals surface area (Å²) in [5.74, 6) is -0.189. The van der Waals surface area contributed by atoms with Crippen molar-refractivity contribution in [1.82, 2.24) is 10.6 Å². The molecule has 24 heavy (non-hydrogen) atoms. The van der Waals surface area contributed by atoms with Crippen LogP contribution in [0.25, 0.3) is 0 Å². The molecule has 0 saturated heterocycles. The third-order valence-electron chi connectivity index (χ3n) is 3.73. The minimum absolute atomic E-state index is 0.189. The number of carbonyl (C=O) groups excluding carboxylic acids is 1. The van der Waals surface area contributed by atoms with E-state index in [1.165, 1.54) is 0 Å². The molecule has 0 unspecified atom stereocenters. The Labute approximate surface area is 150 Å². The average Bonchev–Trinajstić information content (AvgIpc) is 2.55. The summed E-state index contributed by atoms with van der Waals surface area (Å²) in [7, 11) is 0. The van der Waals surface area contributed by atoms with Crippen molar-refractivity contribution >= 4 is 40.5 Å². The molecular weight excluding hydrogens is 342 g/mol. The summed E-state index contributed by atoms with van der Waals surface area (Å²) in [5, 5.41) is 10.2. The Morgan fingerprint density at radius 1 is 1.17 bits per heavy atom. The number of carbonyl (C=O) groups is 1. The van der Waals surface area contributed by atoms with Gasteiger partial charge >= 0.3 is 0 Å². The molecular formula is C18H16ClN3OS. The second-order valence-electron chi connectivity index (χ2n) is 5.45. The fourth-order valence-corrected chi connectivity index (χ4v) is 3.12. The number of rotatable bonds is 3. The van der Waals surface area contributed by atoms with Crippen molar-refractivity contribution < 1.29 is 4.79 Å². The first-order valence-corrected chi connectivity index (χ1v) is 8.23. The molecule has 1 aliphatic heterocycles. The molecule has 2 aromatic carbocycles. The summed E-state index contributed by atoms with van der Waals surface area (Å²) in [6, 6.07) is 16.4. The molecule has 0 saturated carbocycles. The van der Waals surface area contributed by atoms with Crippen LogP contribution in [0.2, 0.25) is 5.02 Å². The summed E-state index contributed by atoms with van der Waals surface area (Å²) in [6.07, 6.45) is 0. The van der Waals surface area contributed by atoms with Crippen LogP contribution in [-0.2, 0) is 4.79 Å². The number of hydrogen-bond donors (Lipinski definition) is 3. The van der Waals surface area contributed by atoms with Crippen LogP contribution in [0.5, 0.6) is 0 Å². The van der Waals surface area contributed by atoms with Crippen molar-refractivity contribution in [3.8, 4) is 0 Å². The third-order valence-corrected chi connectivity index (χ3v) is 4.18. The first-order chi connectivity index (χ1) is 11.5. The van der Waals surface area contributed by atoms with Gasteiger partial charge in [0.25, 0.3) is 5.91 Å². The van der Waals surface area contributed by atoms with Crippen LogP contribution < -0.4 is 16.0 Å². The maximum atomic E-state index is 12.8. The van der Waals surface area contributed by atoms with Crippen LogP contribution in [0.4, 0.5) is 5.69 Å². The Balaban J connectivity index is 1.96. The van der Waals surface area contributed by atoms with E-state index in [1.54, 1.807) is 6.07 Å².